The molecule has 1 aromatic heterocycles. The van der Waals surface area contributed by atoms with E-state index in [1.54, 1.807) is 73.3 Å². The van der Waals surface area contributed by atoms with Crippen molar-refractivity contribution in [3.05, 3.63) is 83.5 Å². The quantitative estimate of drug-likeness (QED) is 0.277. The molecule has 3 aromatic carbocycles. The summed E-state index contributed by atoms with van der Waals surface area (Å²) in [4.78, 5) is 33.1. The first-order chi connectivity index (χ1) is 19.4. The summed E-state index contributed by atoms with van der Waals surface area (Å²) in [6, 6.07) is 19.6. The fourth-order valence-electron chi connectivity index (χ4n) is 4.35. The van der Waals surface area contributed by atoms with E-state index in [0.717, 1.165) is 18.4 Å². The van der Waals surface area contributed by atoms with Crippen LogP contribution in [0.5, 0.6) is 17.2 Å². The summed E-state index contributed by atoms with van der Waals surface area (Å²) in [6.45, 7) is -0.120. The summed E-state index contributed by atoms with van der Waals surface area (Å²) >= 11 is 6.08. The SMILES string of the molecule is COc1cccc(C(=O)N(CC(=O)Nc2nc(-c3ccc(Cl)cc3)cn2-c2cc(OC)cc(OC)c2)C2CC2)c1. The number of amides is 2. The molecule has 1 aliphatic rings. The van der Waals surface area contributed by atoms with Gasteiger partial charge in [0, 0.05) is 46.6 Å². The molecule has 5 rings (SSSR count). The number of ether oxygens (including phenoxy) is 3. The van der Waals surface area contributed by atoms with Crippen LogP contribution in [0.1, 0.15) is 23.2 Å². The molecule has 0 aliphatic heterocycles. The van der Waals surface area contributed by atoms with Gasteiger partial charge in [-0.3, -0.25) is 19.5 Å². The van der Waals surface area contributed by atoms with E-state index >= 15 is 0 Å². The maximum Gasteiger partial charge on any atom is 0.254 e. The lowest BCUT2D eigenvalue weighted by Crippen LogP contribution is -2.39. The normalized spacial score (nSPS) is 12.5. The molecule has 206 valence electrons. The molecule has 0 spiro atoms. The van der Waals surface area contributed by atoms with Crippen molar-refractivity contribution < 1.29 is 23.8 Å². The van der Waals surface area contributed by atoms with Gasteiger partial charge in [0.05, 0.1) is 32.7 Å². The Morgan fingerprint density at radius 1 is 0.950 bits per heavy atom. The van der Waals surface area contributed by atoms with Crippen LogP contribution in [0, 0.1) is 0 Å². The van der Waals surface area contributed by atoms with Crippen molar-refractivity contribution in [1.82, 2.24) is 14.5 Å². The second kappa shape index (κ2) is 11.7. The molecule has 1 saturated carbocycles. The van der Waals surface area contributed by atoms with Crippen molar-refractivity contribution in [2.75, 3.05) is 33.2 Å². The maximum atomic E-state index is 13.4. The lowest BCUT2D eigenvalue weighted by atomic mass is 10.2. The third-order valence-electron chi connectivity index (χ3n) is 6.59. The van der Waals surface area contributed by atoms with Gasteiger partial charge >= 0.3 is 0 Å². The molecule has 1 N–H and O–H groups in total. The predicted molar refractivity (Wildman–Crippen MR) is 153 cm³/mol. The van der Waals surface area contributed by atoms with Crippen molar-refractivity contribution in [2.24, 2.45) is 0 Å². The summed E-state index contributed by atoms with van der Waals surface area (Å²) in [5.74, 6) is 1.44. The van der Waals surface area contributed by atoms with Crippen LogP contribution in [-0.4, -0.2) is 60.2 Å². The van der Waals surface area contributed by atoms with Gasteiger partial charge < -0.3 is 19.1 Å². The number of halogens is 1. The molecule has 1 fully saturated rings. The van der Waals surface area contributed by atoms with Crippen LogP contribution < -0.4 is 19.5 Å². The summed E-state index contributed by atoms with van der Waals surface area (Å²) in [7, 11) is 4.69. The molecule has 10 heteroatoms. The molecule has 0 bridgehead atoms. The molecule has 0 atom stereocenters. The Kier molecular flexibility index (Phi) is 7.93. The number of anilines is 1. The predicted octanol–water partition coefficient (Wildman–Crippen LogP) is 5.46. The van der Waals surface area contributed by atoms with Crippen LogP contribution in [-0.2, 0) is 4.79 Å². The Morgan fingerprint density at radius 2 is 1.62 bits per heavy atom. The van der Waals surface area contributed by atoms with Crippen LogP contribution in [0.2, 0.25) is 5.02 Å². The van der Waals surface area contributed by atoms with Crippen molar-refractivity contribution in [1.29, 1.82) is 0 Å². The number of hydrogen-bond donors (Lipinski definition) is 1. The minimum absolute atomic E-state index is 0.0106. The average molecular weight is 561 g/mol. The van der Waals surface area contributed by atoms with E-state index in [0.29, 0.717) is 39.2 Å². The molecule has 1 heterocycles. The average Bonchev–Trinajstić information content (AvgIpc) is 3.75. The lowest BCUT2D eigenvalue weighted by molar-refractivity contribution is -0.117. The van der Waals surface area contributed by atoms with Gasteiger partial charge in [0.1, 0.15) is 23.8 Å². The van der Waals surface area contributed by atoms with Crippen LogP contribution in [0.25, 0.3) is 16.9 Å². The number of hydrogen-bond acceptors (Lipinski definition) is 6. The zero-order chi connectivity index (χ0) is 28.2. The first-order valence-corrected chi connectivity index (χ1v) is 13.1. The smallest absolute Gasteiger partial charge is 0.254 e. The Morgan fingerprint density at radius 3 is 2.25 bits per heavy atom. The Balaban J connectivity index is 1.45. The van der Waals surface area contributed by atoms with E-state index in [1.165, 1.54) is 0 Å². The molecule has 0 unspecified atom stereocenters. The number of imidazole rings is 1. The molecular formula is C30H29ClN4O5. The van der Waals surface area contributed by atoms with E-state index in [-0.39, 0.29) is 30.3 Å². The second-order valence-electron chi connectivity index (χ2n) is 9.34. The molecule has 4 aromatic rings. The number of benzene rings is 3. The number of carbonyl (C=O) groups is 2. The first kappa shape index (κ1) is 27.1. The Labute approximate surface area is 237 Å². The highest BCUT2D eigenvalue weighted by Crippen LogP contribution is 2.31. The summed E-state index contributed by atoms with van der Waals surface area (Å²) in [5, 5.41) is 3.52. The van der Waals surface area contributed by atoms with Gasteiger partial charge in [-0.2, -0.15) is 0 Å². The van der Waals surface area contributed by atoms with Gasteiger partial charge in [0.15, 0.2) is 0 Å². The van der Waals surface area contributed by atoms with Gasteiger partial charge in [0.25, 0.3) is 5.91 Å². The van der Waals surface area contributed by atoms with Crippen LogP contribution in [0.15, 0.2) is 72.9 Å². The number of methoxy groups -OCH3 is 3. The van der Waals surface area contributed by atoms with E-state index < -0.39 is 0 Å². The Bertz CT molecular complexity index is 1510. The van der Waals surface area contributed by atoms with E-state index in [9.17, 15) is 9.59 Å². The highest BCUT2D eigenvalue weighted by molar-refractivity contribution is 6.30. The van der Waals surface area contributed by atoms with Gasteiger partial charge in [-0.25, -0.2) is 4.98 Å². The first-order valence-electron chi connectivity index (χ1n) is 12.7. The van der Waals surface area contributed by atoms with Gasteiger partial charge in [-0.1, -0.05) is 29.8 Å². The fraction of sp³-hybridized carbons (Fsp3) is 0.233. The van der Waals surface area contributed by atoms with E-state index in [2.05, 4.69) is 5.32 Å². The molecule has 0 saturated heterocycles. The highest BCUT2D eigenvalue weighted by atomic mass is 35.5. The minimum Gasteiger partial charge on any atom is -0.497 e. The monoisotopic (exact) mass is 560 g/mol. The van der Waals surface area contributed by atoms with Crippen molar-refractivity contribution in [3.63, 3.8) is 0 Å². The van der Waals surface area contributed by atoms with Crippen molar-refractivity contribution in [3.8, 4) is 34.2 Å². The number of nitrogens with one attached hydrogen (secondary N) is 1. The van der Waals surface area contributed by atoms with Crippen LogP contribution in [0.4, 0.5) is 5.95 Å². The maximum absolute atomic E-state index is 13.4. The molecule has 2 amide bonds. The highest BCUT2D eigenvalue weighted by Gasteiger charge is 2.34. The standard InChI is InChI=1S/C30H29ClN4O5/c1-38-24-6-4-5-20(13-24)29(37)34(22-11-12-22)18-28(36)33-30-32-27(19-7-9-21(31)10-8-19)17-35(30)23-14-25(39-2)16-26(15-23)40-3/h4-10,13-17,22H,11-12,18H2,1-3H3,(H,32,33,36). The fourth-order valence-corrected chi connectivity index (χ4v) is 4.48. The topological polar surface area (TPSA) is 94.9 Å². The summed E-state index contributed by atoms with van der Waals surface area (Å²) in [5.41, 5.74) is 2.58. The molecular weight excluding hydrogens is 532 g/mol. The van der Waals surface area contributed by atoms with Crippen molar-refractivity contribution >= 4 is 29.4 Å². The van der Waals surface area contributed by atoms with Crippen LogP contribution in [0.3, 0.4) is 0 Å². The number of nitrogens with zero attached hydrogens (tertiary/aromatic N) is 3. The third kappa shape index (κ3) is 6.05. The second-order valence-corrected chi connectivity index (χ2v) is 9.78. The molecule has 9 nitrogen and oxygen atoms in total. The van der Waals surface area contributed by atoms with Gasteiger partial charge in [-0.15, -0.1) is 0 Å². The van der Waals surface area contributed by atoms with Gasteiger partial charge in [0.2, 0.25) is 11.9 Å². The van der Waals surface area contributed by atoms with Crippen molar-refractivity contribution in [2.45, 2.75) is 18.9 Å². The van der Waals surface area contributed by atoms with E-state index in [4.69, 9.17) is 30.8 Å². The lowest BCUT2D eigenvalue weighted by Gasteiger charge is -2.22. The van der Waals surface area contributed by atoms with Gasteiger partial charge in [-0.05, 0) is 43.2 Å². The number of rotatable bonds is 10. The third-order valence-corrected chi connectivity index (χ3v) is 6.84. The number of aromatic nitrogens is 2. The summed E-state index contributed by atoms with van der Waals surface area (Å²) < 4.78 is 17.9. The molecule has 0 radical (unpaired) electrons. The molecule has 1 aliphatic carbocycles. The van der Waals surface area contributed by atoms with Crippen LogP contribution >= 0.6 is 11.6 Å². The largest absolute Gasteiger partial charge is 0.497 e. The summed E-state index contributed by atoms with van der Waals surface area (Å²) in [6.07, 6.45) is 3.51. The molecule has 40 heavy (non-hydrogen) atoms. The Hall–Kier alpha value is -4.50. The van der Waals surface area contributed by atoms with E-state index in [1.807, 2.05) is 30.5 Å². The number of carbonyl (C=O) groups excluding carboxylic acids is 2. The zero-order valence-corrected chi connectivity index (χ0v) is 23.1. The zero-order valence-electron chi connectivity index (χ0n) is 22.4. The minimum atomic E-state index is -0.368.